The lowest BCUT2D eigenvalue weighted by Gasteiger charge is -2.40. The van der Waals surface area contributed by atoms with Gasteiger partial charge in [0.05, 0.1) is 6.54 Å². The van der Waals surface area contributed by atoms with Gasteiger partial charge in [-0.3, -0.25) is 9.59 Å². The summed E-state index contributed by atoms with van der Waals surface area (Å²) in [6.07, 6.45) is 4.54. The third-order valence-corrected chi connectivity index (χ3v) is 5.69. The van der Waals surface area contributed by atoms with E-state index in [9.17, 15) is 9.59 Å². The van der Waals surface area contributed by atoms with Crippen LogP contribution >= 0.6 is 11.8 Å². The van der Waals surface area contributed by atoms with Crippen LogP contribution in [0.4, 0.5) is 0 Å². The van der Waals surface area contributed by atoms with Crippen LogP contribution in [0.2, 0.25) is 0 Å². The number of hydrogen-bond donors (Lipinski definition) is 1. The maximum absolute atomic E-state index is 12.6. The highest BCUT2D eigenvalue weighted by Gasteiger charge is 2.52. The predicted octanol–water partition coefficient (Wildman–Crippen LogP) is 1.01. The van der Waals surface area contributed by atoms with E-state index < -0.39 is 5.54 Å². The molecule has 2 amide bonds. The third-order valence-electron chi connectivity index (χ3n) is 4.31. The van der Waals surface area contributed by atoms with Gasteiger partial charge < -0.3 is 10.2 Å². The molecular weight excluding hydrogens is 248 g/mol. The summed E-state index contributed by atoms with van der Waals surface area (Å²) < 4.78 is 0. The van der Waals surface area contributed by atoms with Gasteiger partial charge in [0.1, 0.15) is 5.54 Å². The lowest BCUT2D eigenvalue weighted by Crippen LogP contribution is -2.66. The fourth-order valence-corrected chi connectivity index (χ4v) is 4.36. The molecule has 3 rings (SSSR count). The Hall–Kier alpha value is -0.710. The molecule has 18 heavy (non-hydrogen) atoms. The molecule has 0 aromatic heterocycles. The summed E-state index contributed by atoms with van der Waals surface area (Å²) in [5.41, 5.74) is -0.626. The molecule has 2 atom stereocenters. The van der Waals surface area contributed by atoms with E-state index in [0.29, 0.717) is 11.2 Å². The van der Waals surface area contributed by atoms with E-state index in [2.05, 4.69) is 5.32 Å². The number of piperazine rings is 1. The largest absolute Gasteiger partial charge is 0.340 e. The zero-order chi connectivity index (χ0) is 12.8. The molecule has 0 spiro atoms. The normalized spacial score (nSPS) is 36.9. The van der Waals surface area contributed by atoms with Gasteiger partial charge in [0, 0.05) is 11.8 Å². The average Bonchev–Trinajstić information content (AvgIpc) is 3.06. The molecular formula is C13H20N2O2S. The van der Waals surface area contributed by atoms with Crippen LogP contribution in [-0.4, -0.2) is 46.3 Å². The van der Waals surface area contributed by atoms with E-state index in [4.69, 9.17) is 0 Å². The first-order chi connectivity index (χ1) is 8.59. The number of amides is 2. The first kappa shape index (κ1) is 12.3. The zero-order valence-corrected chi connectivity index (χ0v) is 11.6. The van der Waals surface area contributed by atoms with Crippen LogP contribution in [0.3, 0.4) is 0 Å². The van der Waals surface area contributed by atoms with Gasteiger partial charge in [-0.25, -0.2) is 0 Å². The Morgan fingerprint density at radius 1 is 1.39 bits per heavy atom. The number of nitrogens with zero attached hydrogens (tertiary/aromatic N) is 1. The predicted molar refractivity (Wildman–Crippen MR) is 71.3 cm³/mol. The minimum absolute atomic E-state index is 0.00648. The Kier molecular flexibility index (Phi) is 3.04. The number of hydrogen-bond acceptors (Lipinski definition) is 3. The standard InChI is InChI=1S/C13H20N2O2S/c1-13(9-4-5-9)12(17)15(8-11(16)14-13)7-10-3-2-6-18-10/h9-10H,2-8H2,1H3,(H,14,16). The summed E-state index contributed by atoms with van der Waals surface area (Å²) in [7, 11) is 0. The van der Waals surface area contributed by atoms with Crippen molar-refractivity contribution in [1.82, 2.24) is 10.2 Å². The first-order valence-electron chi connectivity index (χ1n) is 6.81. The van der Waals surface area contributed by atoms with Crippen LogP contribution < -0.4 is 5.32 Å². The van der Waals surface area contributed by atoms with Crippen molar-refractivity contribution in [2.24, 2.45) is 5.92 Å². The maximum atomic E-state index is 12.6. The minimum Gasteiger partial charge on any atom is -0.340 e. The highest BCUT2D eigenvalue weighted by Crippen LogP contribution is 2.41. The summed E-state index contributed by atoms with van der Waals surface area (Å²) >= 11 is 1.94. The lowest BCUT2D eigenvalue weighted by molar-refractivity contribution is -0.150. The fraction of sp³-hybridized carbons (Fsp3) is 0.846. The molecule has 5 heteroatoms. The highest BCUT2D eigenvalue weighted by molar-refractivity contribution is 8.00. The first-order valence-corrected chi connectivity index (χ1v) is 7.86. The Morgan fingerprint density at radius 3 is 2.78 bits per heavy atom. The van der Waals surface area contributed by atoms with E-state index in [1.807, 2.05) is 18.7 Å². The van der Waals surface area contributed by atoms with Gasteiger partial charge in [-0.15, -0.1) is 0 Å². The molecule has 3 aliphatic rings. The van der Waals surface area contributed by atoms with Crippen molar-refractivity contribution < 1.29 is 9.59 Å². The Morgan fingerprint density at radius 2 is 2.17 bits per heavy atom. The molecule has 0 bridgehead atoms. The zero-order valence-electron chi connectivity index (χ0n) is 10.8. The second-order valence-corrected chi connectivity index (χ2v) is 7.25. The molecule has 0 radical (unpaired) electrons. The van der Waals surface area contributed by atoms with Crippen LogP contribution in [-0.2, 0) is 9.59 Å². The summed E-state index contributed by atoms with van der Waals surface area (Å²) in [5, 5.41) is 3.45. The number of carbonyl (C=O) groups excluding carboxylic acids is 2. The third kappa shape index (κ3) is 2.13. The van der Waals surface area contributed by atoms with Crippen LogP contribution in [0, 0.1) is 5.92 Å². The molecule has 2 saturated heterocycles. The van der Waals surface area contributed by atoms with Crippen molar-refractivity contribution >= 4 is 23.6 Å². The molecule has 1 aliphatic carbocycles. The minimum atomic E-state index is -0.626. The maximum Gasteiger partial charge on any atom is 0.248 e. The molecule has 2 aliphatic heterocycles. The Balaban J connectivity index is 1.72. The highest BCUT2D eigenvalue weighted by atomic mass is 32.2. The Bertz CT molecular complexity index is 377. The van der Waals surface area contributed by atoms with E-state index in [-0.39, 0.29) is 18.4 Å². The molecule has 2 heterocycles. The second kappa shape index (κ2) is 4.44. The molecule has 2 unspecified atom stereocenters. The van der Waals surface area contributed by atoms with Crippen LogP contribution in [0.1, 0.15) is 32.6 Å². The number of carbonyl (C=O) groups is 2. The van der Waals surface area contributed by atoms with E-state index in [1.165, 1.54) is 18.6 Å². The molecule has 1 saturated carbocycles. The number of rotatable bonds is 3. The van der Waals surface area contributed by atoms with Gasteiger partial charge in [0.25, 0.3) is 0 Å². The second-order valence-electron chi connectivity index (χ2n) is 5.85. The molecule has 3 fully saturated rings. The molecule has 100 valence electrons. The lowest BCUT2D eigenvalue weighted by atomic mass is 9.91. The number of nitrogens with one attached hydrogen (secondary N) is 1. The van der Waals surface area contributed by atoms with Crippen molar-refractivity contribution in [3.8, 4) is 0 Å². The summed E-state index contributed by atoms with van der Waals surface area (Å²) in [6.45, 7) is 2.90. The van der Waals surface area contributed by atoms with Crippen molar-refractivity contribution in [2.45, 2.75) is 43.4 Å². The van der Waals surface area contributed by atoms with Crippen LogP contribution in [0.25, 0.3) is 0 Å². The summed E-state index contributed by atoms with van der Waals surface area (Å²) in [5.74, 6) is 1.69. The molecule has 0 aromatic rings. The SMILES string of the molecule is CC1(C2CC2)NC(=O)CN(CC2CCCS2)C1=O. The van der Waals surface area contributed by atoms with Gasteiger partial charge in [0.15, 0.2) is 0 Å². The smallest absolute Gasteiger partial charge is 0.248 e. The van der Waals surface area contributed by atoms with E-state index >= 15 is 0 Å². The molecule has 1 N–H and O–H groups in total. The van der Waals surface area contributed by atoms with Crippen molar-refractivity contribution in [2.75, 3.05) is 18.8 Å². The van der Waals surface area contributed by atoms with Gasteiger partial charge >= 0.3 is 0 Å². The van der Waals surface area contributed by atoms with Gasteiger partial charge in [0.2, 0.25) is 11.8 Å². The fourth-order valence-electron chi connectivity index (χ4n) is 3.08. The Labute approximate surface area is 112 Å². The van der Waals surface area contributed by atoms with Crippen LogP contribution in [0.5, 0.6) is 0 Å². The van der Waals surface area contributed by atoms with Gasteiger partial charge in [-0.05, 0) is 44.3 Å². The van der Waals surface area contributed by atoms with Gasteiger partial charge in [-0.2, -0.15) is 11.8 Å². The monoisotopic (exact) mass is 268 g/mol. The van der Waals surface area contributed by atoms with E-state index in [1.54, 1.807) is 4.90 Å². The molecule has 4 nitrogen and oxygen atoms in total. The molecule has 0 aromatic carbocycles. The topological polar surface area (TPSA) is 49.4 Å². The summed E-state index contributed by atoms with van der Waals surface area (Å²) in [4.78, 5) is 26.2. The van der Waals surface area contributed by atoms with Crippen molar-refractivity contribution in [3.63, 3.8) is 0 Å². The number of thioether (sulfide) groups is 1. The quantitative estimate of drug-likeness (QED) is 0.831. The average molecular weight is 268 g/mol. The van der Waals surface area contributed by atoms with Gasteiger partial charge in [-0.1, -0.05) is 0 Å². The van der Waals surface area contributed by atoms with Crippen molar-refractivity contribution in [3.05, 3.63) is 0 Å². The van der Waals surface area contributed by atoms with Crippen molar-refractivity contribution in [1.29, 1.82) is 0 Å². The van der Waals surface area contributed by atoms with E-state index in [0.717, 1.165) is 19.4 Å². The summed E-state index contributed by atoms with van der Waals surface area (Å²) in [6, 6.07) is 0. The van der Waals surface area contributed by atoms with Crippen LogP contribution in [0.15, 0.2) is 0 Å².